The molecule has 1 N–H and O–H groups in total. The van der Waals surface area contributed by atoms with Crippen molar-refractivity contribution in [1.82, 2.24) is 15.2 Å². The summed E-state index contributed by atoms with van der Waals surface area (Å²) < 4.78 is 10.7. The van der Waals surface area contributed by atoms with Gasteiger partial charge in [0.25, 0.3) is 5.91 Å². The highest BCUT2D eigenvalue weighted by molar-refractivity contribution is 5.91. The molecule has 3 rings (SSSR count). The maximum atomic E-state index is 13.1. The summed E-state index contributed by atoms with van der Waals surface area (Å²) in [6.45, 7) is 2.77. The Hall–Kier alpha value is -2.18. The number of hydrogen-bond acceptors (Lipinski definition) is 5. The number of amides is 1. The Kier molecular flexibility index (Phi) is 6.19. The molecule has 0 spiro atoms. The van der Waals surface area contributed by atoms with Crippen LogP contribution in [-0.4, -0.2) is 42.0 Å². The van der Waals surface area contributed by atoms with E-state index in [0.717, 1.165) is 38.0 Å². The van der Waals surface area contributed by atoms with Gasteiger partial charge in [0.1, 0.15) is 12.4 Å². The second-order valence-electron chi connectivity index (χ2n) is 6.29. The van der Waals surface area contributed by atoms with Crippen LogP contribution in [0.5, 0.6) is 0 Å². The number of carbonyl (C=O) groups excluding carboxylic acids is 1. The first-order valence-corrected chi connectivity index (χ1v) is 8.77. The summed E-state index contributed by atoms with van der Waals surface area (Å²) in [7, 11) is 1.61. The molecule has 1 atom stereocenters. The number of furan rings is 1. The Morgan fingerprint density at radius 3 is 3.04 bits per heavy atom. The standard InChI is InChI=1S/C19H25N3O3/c1-24-14-17-7-8-18(25-17)19(23)22(13-15-5-2-3-11-21-15)16-6-4-10-20-12-9-16/h2-3,5,7-8,11,16,20H,4,6,9-10,12-14H2,1H3. The third-order valence-corrected chi connectivity index (χ3v) is 4.46. The first-order chi connectivity index (χ1) is 12.3. The summed E-state index contributed by atoms with van der Waals surface area (Å²) in [5.41, 5.74) is 0.886. The Bertz CT molecular complexity index is 664. The number of ether oxygens (including phenoxy) is 1. The van der Waals surface area contributed by atoms with Gasteiger partial charge in [-0.15, -0.1) is 0 Å². The highest BCUT2D eigenvalue weighted by Crippen LogP contribution is 2.20. The monoisotopic (exact) mass is 343 g/mol. The molecule has 1 amide bonds. The van der Waals surface area contributed by atoms with Crippen molar-refractivity contribution in [1.29, 1.82) is 0 Å². The van der Waals surface area contributed by atoms with Gasteiger partial charge in [0, 0.05) is 19.3 Å². The van der Waals surface area contributed by atoms with Crippen molar-refractivity contribution in [3.63, 3.8) is 0 Å². The maximum absolute atomic E-state index is 13.1. The molecular weight excluding hydrogens is 318 g/mol. The molecule has 134 valence electrons. The van der Waals surface area contributed by atoms with E-state index in [9.17, 15) is 4.79 Å². The first-order valence-electron chi connectivity index (χ1n) is 8.77. The van der Waals surface area contributed by atoms with Crippen LogP contribution in [0.25, 0.3) is 0 Å². The van der Waals surface area contributed by atoms with Gasteiger partial charge in [0.05, 0.1) is 12.2 Å². The van der Waals surface area contributed by atoms with Crippen LogP contribution < -0.4 is 5.32 Å². The van der Waals surface area contributed by atoms with E-state index in [4.69, 9.17) is 9.15 Å². The highest BCUT2D eigenvalue weighted by atomic mass is 16.5. The van der Waals surface area contributed by atoms with E-state index >= 15 is 0 Å². The van der Waals surface area contributed by atoms with E-state index in [1.807, 2.05) is 23.1 Å². The fraction of sp³-hybridized carbons (Fsp3) is 0.474. The van der Waals surface area contributed by atoms with E-state index in [1.54, 1.807) is 25.4 Å². The molecule has 25 heavy (non-hydrogen) atoms. The SMILES string of the molecule is COCc1ccc(C(=O)N(Cc2ccccn2)C2CCCNCC2)o1. The molecule has 1 saturated heterocycles. The second-order valence-corrected chi connectivity index (χ2v) is 6.29. The quantitative estimate of drug-likeness (QED) is 0.873. The van der Waals surface area contributed by atoms with E-state index in [1.165, 1.54) is 0 Å². The number of carbonyl (C=O) groups is 1. The van der Waals surface area contributed by atoms with E-state index in [-0.39, 0.29) is 11.9 Å². The molecule has 0 aromatic carbocycles. The van der Waals surface area contributed by atoms with Crippen molar-refractivity contribution in [2.75, 3.05) is 20.2 Å². The predicted molar refractivity (Wildman–Crippen MR) is 94.0 cm³/mol. The zero-order valence-electron chi connectivity index (χ0n) is 14.6. The summed E-state index contributed by atoms with van der Waals surface area (Å²) in [6.07, 6.45) is 4.74. The average molecular weight is 343 g/mol. The van der Waals surface area contributed by atoms with Gasteiger partial charge in [0.15, 0.2) is 5.76 Å². The smallest absolute Gasteiger partial charge is 0.290 e. The number of nitrogens with one attached hydrogen (secondary N) is 1. The fourth-order valence-electron chi connectivity index (χ4n) is 3.20. The van der Waals surface area contributed by atoms with Crippen LogP contribution >= 0.6 is 0 Å². The van der Waals surface area contributed by atoms with Crippen LogP contribution in [-0.2, 0) is 17.9 Å². The van der Waals surface area contributed by atoms with Gasteiger partial charge in [-0.2, -0.15) is 0 Å². The minimum absolute atomic E-state index is 0.0834. The third kappa shape index (κ3) is 4.67. The van der Waals surface area contributed by atoms with E-state index < -0.39 is 0 Å². The molecule has 2 aromatic heterocycles. The largest absolute Gasteiger partial charge is 0.453 e. The van der Waals surface area contributed by atoms with Crippen LogP contribution in [0.3, 0.4) is 0 Å². The minimum Gasteiger partial charge on any atom is -0.453 e. The number of hydrogen-bond donors (Lipinski definition) is 1. The van der Waals surface area contributed by atoms with E-state index in [0.29, 0.717) is 24.7 Å². The number of aromatic nitrogens is 1. The normalized spacial score (nSPS) is 17.9. The molecular formula is C19H25N3O3. The lowest BCUT2D eigenvalue weighted by atomic mass is 10.1. The minimum atomic E-state index is -0.0834. The van der Waals surface area contributed by atoms with Crippen molar-refractivity contribution in [2.45, 2.75) is 38.5 Å². The van der Waals surface area contributed by atoms with Gasteiger partial charge in [-0.3, -0.25) is 9.78 Å². The van der Waals surface area contributed by atoms with Gasteiger partial charge in [0.2, 0.25) is 0 Å². The zero-order valence-corrected chi connectivity index (χ0v) is 14.6. The number of rotatable bonds is 6. The highest BCUT2D eigenvalue weighted by Gasteiger charge is 2.28. The van der Waals surface area contributed by atoms with Crippen LogP contribution in [0.1, 0.15) is 41.3 Å². The van der Waals surface area contributed by atoms with Gasteiger partial charge >= 0.3 is 0 Å². The molecule has 6 nitrogen and oxygen atoms in total. The molecule has 0 radical (unpaired) electrons. The Morgan fingerprint density at radius 1 is 1.32 bits per heavy atom. The number of methoxy groups -OCH3 is 1. The lowest BCUT2D eigenvalue weighted by Crippen LogP contribution is -2.40. The number of pyridine rings is 1. The van der Waals surface area contributed by atoms with Crippen molar-refractivity contribution < 1.29 is 13.9 Å². The van der Waals surface area contributed by atoms with Crippen LogP contribution in [0.2, 0.25) is 0 Å². The van der Waals surface area contributed by atoms with Crippen LogP contribution in [0.15, 0.2) is 40.9 Å². The molecule has 1 fully saturated rings. The lowest BCUT2D eigenvalue weighted by molar-refractivity contribution is 0.0602. The summed E-state index contributed by atoms with van der Waals surface area (Å²) in [5.74, 6) is 0.936. The number of nitrogens with zero attached hydrogens (tertiary/aromatic N) is 2. The van der Waals surface area contributed by atoms with E-state index in [2.05, 4.69) is 10.3 Å². The maximum Gasteiger partial charge on any atom is 0.290 e. The average Bonchev–Trinajstić information content (AvgIpc) is 2.94. The lowest BCUT2D eigenvalue weighted by Gasteiger charge is -2.30. The van der Waals surface area contributed by atoms with Gasteiger partial charge in [-0.25, -0.2) is 0 Å². The van der Waals surface area contributed by atoms with Crippen molar-refractivity contribution >= 4 is 5.91 Å². The predicted octanol–water partition coefficient (Wildman–Crippen LogP) is 2.61. The Balaban J connectivity index is 1.81. The molecule has 1 unspecified atom stereocenters. The molecule has 0 aliphatic carbocycles. The third-order valence-electron chi connectivity index (χ3n) is 4.46. The van der Waals surface area contributed by atoms with Crippen LogP contribution in [0, 0.1) is 0 Å². The summed E-state index contributed by atoms with van der Waals surface area (Å²) in [4.78, 5) is 19.4. The van der Waals surface area contributed by atoms with Gasteiger partial charge < -0.3 is 19.4 Å². The molecule has 1 aliphatic rings. The topological polar surface area (TPSA) is 67.6 Å². The fourth-order valence-corrected chi connectivity index (χ4v) is 3.20. The van der Waals surface area contributed by atoms with Crippen molar-refractivity contribution in [3.8, 4) is 0 Å². The van der Waals surface area contributed by atoms with Gasteiger partial charge in [-0.05, 0) is 56.6 Å². The molecule has 1 aliphatic heterocycles. The first kappa shape index (κ1) is 17.6. The molecule has 3 heterocycles. The summed E-state index contributed by atoms with van der Waals surface area (Å²) in [6, 6.07) is 9.49. The summed E-state index contributed by atoms with van der Waals surface area (Å²) in [5, 5.41) is 3.40. The summed E-state index contributed by atoms with van der Waals surface area (Å²) >= 11 is 0. The van der Waals surface area contributed by atoms with Gasteiger partial charge in [-0.1, -0.05) is 6.07 Å². The molecule has 6 heteroatoms. The van der Waals surface area contributed by atoms with Crippen molar-refractivity contribution in [2.24, 2.45) is 0 Å². The second kappa shape index (κ2) is 8.78. The zero-order chi connectivity index (χ0) is 17.5. The molecule has 0 saturated carbocycles. The van der Waals surface area contributed by atoms with Crippen molar-refractivity contribution in [3.05, 3.63) is 53.7 Å². The Labute approximate surface area is 148 Å². The molecule has 0 bridgehead atoms. The molecule has 2 aromatic rings. The Morgan fingerprint density at radius 2 is 2.24 bits per heavy atom. The van der Waals surface area contributed by atoms with Crippen LogP contribution in [0.4, 0.5) is 0 Å².